The molecule has 1 saturated heterocycles. The molecule has 0 atom stereocenters. The number of aromatic nitrogens is 3. The number of hydrogen-bond acceptors (Lipinski definition) is 7. The molecular weight excluding hydrogens is 550 g/mol. The lowest BCUT2D eigenvalue weighted by Crippen LogP contribution is -2.32. The molecule has 2 aliphatic rings. The zero-order chi connectivity index (χ0) is 29.2. The molecule has 0 saturated carbocycles. The lowest BCUT2D eigenvalue weighted by Gasteiger charge is -2.26. The predicted octanol–water partition coefficient (Wildman–Crippen LogP) is 6.11. The molecule has 4 heterocycles. The number of methoxy groups -OCH3 is 1. The molecule has 10 heteroatoms. The van der Waals surface area contributed by atoms with Crippen molar-refractivity contribution in [1.29, 1.82) is 0 Å². The number of para-hydroxylation sites is 1. The number of carbonyl (C=O) groups is 1. The summed E-state index contributed by atoms with van der Waals surface area (Å²) in [6.07, 6.45) is 9.69. The van der Waals surface area contributed by atoms with Crippen molar-refractivity contribution in [1.82, 2.24) is 19.4 Å². The molecule has 6 rings (SSSR count). The van der Waals surface area contributed by atoms with Crippen LogP contribution in [-0.2, 0) is 17.8 Å². The summed E-state index contributed by atoms with van der Waals surface area (Å²) < 4.78 is 8.09. The van der Waals surface area contributed by atoms with E-state index in [2.05, 4.69) is 61.0 Å². The Bertz CT molecular complexity index is 1640. The maximum absolute atomic E-state index is 12.4. The largest absolute Gasteiger partial charge is 0.494 e. The minimum Gasteiger partial charge on any atom is -0.494 e. The van der Waals surface area contributed by atoms with Crippen molar-refractivity contribution in [3.05, 3.63) is 66.0 Å². The van der Waals surface area contributed by atoms with E-state index >= 15 is 0 Å². The first-order valence-corrected chi connectivity index (χ1v) is 14.8. The highest BCUT2D eigenvalue weighted by atomic mass is 35.5. The van der Waals surface area contributed by atoms with Crippen LogP contribution in [0.5, 0.6) is 5.75 Å². The van der Waals surface area contributed by atoms with Crippen LogP contribution in [0.25, 0.3) is 22.2 Å². The molecule has 1 amide bonds. The number of nitrogens with zero attached hydrogens (tertiary/aromatic N) is 5. The summed E-state index contributed by atoms with van der Waals surface area (Å²) in [5, 5.41) is 7.88. The van der Waals surface area contributed by atoms with Crippen molar-refractivity contribution in [2.45, 2.75) is 32.2 Å². The average Bonchev–Trinajstić information content (AvgIpc) is 3.66. The van der Waals surface area contributed by atoms with Crippen molar-refractivity contribution < 1.29 is 9.53 Å². The first-order valence-electron chi connectivity index (χ1n) is 14.4. The lowest BCUT2D eigenvalue weighted by molar-refractivity contribution is -0.111. The molecule has 2 aliphatic heterocycles. The van der Waals surface area contributed by atoms with E-state index in [1.807, 2.05) is 19.2 Å². The number of anilines is 4. The Kier molecular flexibility index (Phi) is 8.04. The van der Waals surface area contributed by atoms with Crippen LogP contribution in [0.3, 0.4) is 0 Å². The summed E-state index contributed by atoms with van der Waals surface area (Å²) in [6.45, 7) is 8.61. The Morgan fingerprint density at radius 2 is 2.02 bits per heavy atom. The number of ether oxygens (including phenoxy) is 1. The molecule has 1 fully saturated rings. The van der Waals surface area contributed by atoms with Gasteiger partial charge >= 0.3 is 0 Å². The third-order valence-electron chi connectivity index (χ3n) is 8.20. The van der Waals surface area contributed by atoms with Crippen molar-refractivity contribution in [2.24, 2.45) is 0 Å². The van der Waals surface area contributed by atoms with Crippen LogP contribution in [-0.4, -0.2) is 65.7 Å². The predicted molar refractivity (Wildman–Crippen MR) is 170 cm³/mol. The van der Waals surface area contributed by atoms with Crippen molar-refractivity contribution in [3.8, 4) is 17.0 Å². The number of rotatable bonds is 10. The van der Waals surface area contributed by atoms with Gasteiger partial charge < -0.3 is 29.7 Å². The maximum Gasteiger partial charge on any atom is 0.247 e. The summed E-state index contributed by atoms with van der Waals surface area (Å²) >= 11 is 6.68. The molecule has 42 heavy (non-hydrogen) atoms. The minimum atomic E-state index is -0.293. The zero-order valence-corrected chi connectivity index (χ0v) is 24.9. The number of likely N-dealkylation sites (tertiary alicyclic amines) is 1. The van der Waals surface area contributed by atoms with Crippen molar-refractivity contribution in [2.75, 3.05) is 55.9 Å². The van der Waals surface area contributed by atoms with Gasteiger partial charge in [0.15, 0.2) is 0 Å². The number of benzene rings is 2. The van der Waals surface area contributed by atoms with Gasteiger partial charge in [0.25, 0.3) is 0 Å². The first kappa shape index (κ1) is 28.1. The normalized spacial score (nSPS) is 14.6. The topological polar surface area (TPSA) is 87.5 Å². The standard InChI is InChI=1S/C32H36ClN7O2/c1-4-29(41)35-25-17-26(28(42-3)18-27(25)38(2)15-16-39-12-5-6-13-39)36-32-34-19-24(33)30(37-32)23-20-40-14-8-10-21-9-7-11-22(23)31(21)40/h4,7,9,11,17-20H,1,5-6,8,10,12-16H2,2-3H3,(H,35,41)(H,34,36,37). The third-order valence-corrected chi connectivity index (χ3v) is 8.47. The first-order chi connectivity index (χ1) is 20.4. The fraction of sp³-hybridized carbons (Fsp3) is 0.344. The van der Waals surface area contributed by atoms with Gasteiger partial charge in [-0.3, -0.25) is 4.79 Å². The highest BCUT2D eigenvalue weighted by molar-refractivity contribution is 6.33. The number of nitrogens with one attached hydrogen (secondary N) is 2. The molecule has 218 valence electrons. The van der Waals surface area contributed by atoms with Gasteiger partial charge in [-0.25, -0.2) is 9.97 Å². The molecule has 2 aromatic carbocycles. The lowest BCUT2D eigenvalue weighted by atomic mass is 10.0. The molecule has 2 N–H and O–H groups in total. The van der Waals surface area contributed by atoms with Crippen molar-refractivity contribution >= 4 is 51.4 Å². The number of amides is 1. The van der Waals surface area contributed by atoms with Gasteiger partial charge in [-0.1, -0.05) is 36.4 Å². The summed E-state index contributed by atoms with van der Waals surface area (Å²) in [5.41, 5.74) is 6.33. The van der Waals surface area contributed by atoms with Crippen molar-refractivity contribution in [3.63, 3.8) is 0 Å². The summed E-state index contributed by atoms with van der Waals surface area (Å²) in [4.78, 5) is 26.3. The quantitative estimate of drug-likeness (QED) is 0.217. The van der Waals surface area contributed by atoms with Gasteiger partial charge in [0.05, 0.1) is 46.6 Å². The van der Waals surface area contributed by atoms with E-state index in [9.17, 15) is 4.79 Å². The molecule has 9 nitrogen and oxygen atoms in total. The Balaban J connectivity index is 1.34. The maximum atomic E-state index is 12.4. The number of likely N-dealkylation sites (N-methyl/N-ethyl adjacent to an activating group) is 1. The number of aryl methyl sites for hydroxylation is 2. The van der Waals surface area contributed by atoms with E-state index in [1.54, 1.807) is 13.3 Å². The van der Waals surface area contributed by atoms with Gasteiger partial charge in [-0.2, -0.15) is 0 Å². The van der Waals surface area contributed by atoms with E-state index in [0.29, 0.717) is 33.8 Å². The fourth-order valence-electron chi connectivity index (χ4n) is 6.03. The minimum absolute atomic E-state index is 0.293. The summed E-state index contributed by atoms with van der Waals surface area (Å²) in [6, 6.07) is 10.2. The van der Waals surface area contributed by atoms with Crippen LogP contribution >= 0.6 is 11.6 Å². The fourth-order valence-corrected chi connectivity index (χ4v) is 6.23. The molecule has 2 aromatic heterocycles. The number of hydrogen-bond donors (Lipinski definition) is 2. The highest BCUT2D eigenvalue weighted by Gasteiger charge is 2.21. The average molecular weight is 586 g/mol. The second-order valence-electron chi connectivity index (χ2n) is 10.9. The van der Waals surface area contributed by atoms with Gasteiger partial charge in [-0.15, -0.1) is 0 Å². The van der Waals surface area contributed by atoms with Crippen LogP contribution < -0.4 is 20.3 Å². The van der Waals surface area contributed by atoms with Crippen LogP contribution in [0.1, 0.15) is 24.8 Å². The van der Waals surface area contributed by atoms with Gasteiger partial charge in [0, 0.05) is 49.9 Å². The number of carbonyl (C=O) groups excluding carboxylic acids is 1. The van der Waals surface area contributed by atoms with E-state index < -0.39 is 0 Å². The van der Waals surface area contributed by atoms with Crippen LogP contribution in [0.2, 0.25) is 5.02 Å². The van der Waals surface area contributed by atoms with E-state index in [0.717, 1.165) is 62.2 Å². The van der Waals surface area contributed by atoms with E-state index in [1.165, 1.54) is 30.0 Å². The molecule has 0 spiro atoms. The van der Waals surface area contributed by atoms with E-state index in [4.69, 9.17) is 21.3 Å². The smallest absolute Gasteiger partial charge is 0.247 e. The Labute approximate surface area is 251 Å². The molecule has 4 aromatic rings. The second kappa shape index (κ2) is 12.0. The van der Waals surface area contributed by atoms with Gasteiger partial charge in [-0.05, 0) is 56.5 Å². The molecule has 0 unspecified atom stereocenters. The molecule has 0 radical (unpaired) electrons. The van der Waals surface area contributed by atoms with E-state index in [-0.39, 0.29) is 5.91 Å². The van der Waals surface area contributed by atoms with Gasteiger partial charge in [0.2, 0.25) is 11.9 Å². The highest BCUT2D eigenvalue weighted by Crippen LogP contribution is 2.40. The molecule has 0 aliphatic carbocycles. The second-order valence-corrected chi connectivity index (χ2v) is 11.3. The monoisotopic (exact) mass is 585 g/mol. The molecular formula is C32H36ClN7O2. The Hall–Kier alpha value is -4.08. The zero-order valence-electron chi connectivity index (χ0n) is 24.1. The summed E-state index contributed by atoms with van der Waals surface area (Å²) in [5.74, 6) is 0.677. The third kappa shape index (κ3) is 5.54. The van der Waals surface area contributed by atoms with Crippen LogP contribution in [0, 0.1) is 0 Å². The van der Waals surface area contributed by atoms with Crippen LogP contribution in [0.15, 0.2) is 55.4 Å². The Morgan fingerprint density at radius 1 is 1.19 bits per heavy atom. The molecule has 0 bridgehead atoms. The van der Waals surface area contributed by atoms with Crippen LogP contribution in [0.4, 0.5) is 23.0 Å². The summed E-state index contributed by atoms with van der Waals surface area (Å²) in [7, 11) is 3.65. The number of halogens is 1. The SMILES string of the molecule is C=CC(=O)Nc1cc(Nc2ncc(Cl)c(-c3cn4c5c(cccc35)CCC4)n2)c(OC)cc1N(C)CCN1CCCC1. The Morgan fingerprint density at radius 3 is 2.81 bits per heavy atom. The van der Waals surface area contributed by atoms with Gasteiger partial charge in [0.1, 0.15) is 5.75 Å².